The molecule has 0 saturated carbocycles. The van der Waals surface area contributed by atoms with Gasteiger partial charge < -0.3 is 10.0 Å². The van der Waals surface area contributed by atoms with E-state index in [2.05, 4.69) is 6.07 Å². The van der Waals surface area contributed by atoms with E-state index in [4.69, 9.17) is 5.11 Å². The highest BCUT2D eigenvalue weighted by atomic mass is 16.3. The number of rotatable bonds is 3. The molecule has 1 aromatic rings. The van der Waals surface area contributed by atoms with Crippen LogP contribution in [0.1, 0.15) is 40.7 Å². The maximum Gasteiger partial charge on any atom is 0.253 e. The molecule has 1 aromatic carbocycles. The summed E-state index contributed by atoms with van der Waals surface area (Å²) in [4.78, 5) is 14.5. The van der Waals surface area contributed by atoms with Gasteiger partial charge in [0.2, 0.25) is 0 Å². The Labute approximate surface area is 115 Å². The fourth-order valence-electron chi connectivity index (χ4n) is 2.95. The second kappa shape index (κ2) is 6.20. The molecular weight excluding hydrogens is 238 g/mol. The third-order valence-corrected chi connectivity index (χ3v) is 3.81. The normalized spacial score (nSPS) is 19.5. The second-order valence-electron chi connectivity index (χ2n) is 5.65. The summed E-state index contributed by atoms with van der Waals surface area (Å²) in [7, 11) is 0. The minimum absolute atomic E-state index is 0.134. The predicted molar refractivity (Wildman–Crippen MR) is 76.2 cm³/mol. The number of aliphatic hydroxyl groups excluding tert-OH is 1. The Morgan fingerprint density at radius 1 is 1.32 bits per heavy atom. The predicted octanol–water partition coefficient (Wildman–Crippen LogP) is 2.54. The number of piperidine rings is 1. The maximum absolute atomic E-state index is 12.5. The summed E-state index contributed by atoms with van der Waals surface area (Å²) in [5.41, 5.74) is 3.06. The lowest BCUT2D eigenvalue weighted by Crippen LogP contribution is -2.40. The van der Waals surface area contributed by atoms with Gasteiger partial charge in [0.05, 0.1) is 0 Å². The summed E-state index contributed by atoms with van der Waals surface area (Å²) in [6.45, 7) is 5.89. The van der Waals surface area contributed by atoms with Crippen molar-refractivity contribution < 1.29 is 9.90 Å². The van der Waals surface area contributed by atoms with Crippen LogP contribution < -0.4 is 0 Å². The fourth-order valence-corrected chi connectivity index (χ4v) is 2.95. The van der Waals surface area contributed by atoms with Crippen molar-refractivity contribution in [3.05, 3.63) is 34.9 Å². The van der Waals surface area contributed by atoms with E-state index in [1.54, 1.807) is 0 Å². The maximum atomic E-state index is 12.5. The molecular formula is C16H23NO2. The summed E-state index contributed by atoms with van der Waals surface area (Å²) in [6, 6.07) is 6.01. The van der Waals surface area contributed by atoms with Crippen LogP contribution in [-0.4, -0.2) is 35.6 Å². The van der Waals surface area contributed by atoms with E-state index in [-0.39, 0.29) is 12.5 Å². The lowest BCUT2D eigenvalue weighted by molar-refractivity contribution is 0.0653. The van der Waals surface area contributed by atoms with Gasteiger partial charge in [-0.15, -0.1) is 0 Å². The van der Waals surface area contributed by atoms with E-state index in [9.17, 15) is 4.79 Å². The smallest absolute Gasteiger partial charge is 0.253 e. The zero-order valence-electron chi connectivity index (χ0n) is 11.9. The van der Waals surface area contributed by atoms with Crippen molar-refractivity contribution in [3.63, 3.8) is 0 Å². The monoisotopic (exact) mass is 261 g/mol. The van der Waals surface area contributed by atoms with Crippen LogP contribution in [0.4, 0.5) is 0 Å². The van der Waals surface area contributed by atoms with Gasteiger partial charge in [-0.05, 0) is 51.2 Å². The highest BCUT2D eigenvalue weighted by Crippen LogP contribution is 2.21. The second-order valence-corrected chi connectivity index (χ2v) is 5.65. The number of nitrogens with zero attached hydrogens (tertiary/aromatic N) is 1. The summed E-state index contributed by atoms with van der Waals surface area (Å²) in [5, 5.41) is 9.03. The van der Waals surface area contributed by atoms with Gasteiger partial charge in [0.25, 0.3) is 5.91 Å². The minimum Gasteiger partial charge on any atom is -0.396 e. The number of carbonyl (C=O) groups is 1. The zero-order chi connectivity index (χ0) is 13.8. The minimum atomic E-state index is 0.134. The van der Waals surface area contributed by atoms with Crippen LogP contribution >= 0.6 is 0 Å². The number of aliphatic hydroxyl groups is 1. The molecule has 1 heterocycles. The molecule has 1 fully saturated rings. The third-order valence-electron chi connectivity index (χ3n) is 3.81. The number of likely N-dealkylation sites (tertiary alicyclic amines) is 1. The van der Waals surface area contributed by atoms with Gasteiger partial charge in [-0.25, -0.2) is 0 Å². The van der Waals surface area contributed by atoms with E-state index in [1.165, 1.54) is 0 Å². The van der Waals surface area contributed by atoms with Crippen molar-refractivity contribution in [1.82, 2.24) is 4.90 Å². The van der Waals surface area contributed by atoms with Crippen molar-refractivity contribution in [2.45, 2.75) is 33.1 Å². The molecule has 2 rings (SSSR count). The van der Waals surface area contributed by atoms with Crippen molar-refractivity contribution in [3.8, 4) is 0 Å². The number of hydrogen-bond acceptors (Lipinski definition) is 2. The average Bonchev–Trinajstić information content (AvgIpc) is 2.37. The first-order valence-corrected chi connectivity index (χ1v) is 7.08. The van der Waals surface area contributed by atoms with Crippen molar-refractivity contribution >= 4 is 5.91 Å². The quantitative estimate of drug-likeness (QED) is 0.908. The first-order chi connectivity index (χ1) is 9.10. The van der Waals surface area contributed by atoms with Crippen LogP contribution in [0.15, 0.2) is 18.2 Å². The fraction of sp³-hybridized carbons (Fsp3) is 0.562. The molecule has 1 amide bonds. The van der Waals surface area contributed by atoms with Gasteiger partial charge in [-0.3, -0.25) is 4.79 Å². The zero-order valence-corrected chi connectivity index (χ0v) is 11.9. The lowest BCUT2D eigenvalue weighted by atomic mass is 9.94. The molecule has 0 bridgehead atoms. The van der Waals surface area contributed by atoms with Crippen molar-refractivity contribution in [2.75, 3.05) is 19.7 Å². The third kappa shape index (κ3) is 3.57. The molecule has 3 nitrogen and oxygen atoms in total. The van der Waals surface area contributed by atoms with Crippen LogP contribution in [-0.2, 0) is 0 Å². The molecule has 1 atom stereocenters. The van der Waals surface area contributed by atoms with Gasteiger partial charge >= 0.3 is 0 Å². The van der Waals surface area contributed by atoms with Crippen LogP contribution in [0.25, 0.3) is 0 Å². The summed E-state index contributed by atoms with van der Waals surface area (Å²) in [5.74, 6) is 0.586. The van der Waals surface area contributed by atoms with Gasteiger partial charge in [0, 0.05) is 25.3 Å². The molecule has 104 valence electrons. The van der Waals surface area contributed by atoms with Crippen molar-refractivity contribution in [2.24, 2.45) is 5.92 Å². The number of amides is 1. The van der Waals surface area contributed by atoms with Crippen molar-refractivity contribution in [1.29, 1.82) is 0 Å². The molecule has 0 radical (unpaired) electrons. The average molecular weight is 261 g/mol. The van der Waals surface area contributed by atoms with Crippen LogP contribution in [0, 0.1) is 19.8 Å². The Balaban J connectivity index is 2.10. The Morgan fingerprint density at radius 2 is 2.00 bits per heavy atom. The van der Waals surface area contributed by atoms with Crippen LogP contribution in [0.5, 0.6) is 0 Å². The highest BCUT2D eigenvalue weighted by Gasteiger charge is 2.24. The summed E-state index contributed by atoms with van der Waals surface area (Å²) >= 11 is 0. The summed E-state index contributed by atoms with van der Waals surface area (Å²) < 4.78 is 0. The lowest BCUT2D eigenvalue weighted by Gasteiger charge is -2.32. The first-order valence-electron chi connectivity index (χ1n) is 7.08. The first kappa shape index (κ1) is 14.1. The highest BCUT2D eigenvalue weighted by molar-refractivity contribution is 5.94. The number of hydrogen-bond donors (Lipinski definition) is 1. The van der Waals surface area contributed by atoms with Gasteiger partial charge in [0.15, 0.2) is 0 Å². The Bertz CT molecular complexity index is 434. The molecule has 0 aromatic heterocycles. The number of carbonyl (C=O) groups excluding carboxylic acids is 1. The number of benzene rings is 1. The van der Waals surface area contributed by atoms with E-state index >= 15 is 0 Å². The van der Waals surface area contributed by atoms with E-state index in [0.29, 0.717) is 5.92 Å². The van der Waals surface area contributed by atoms with E-state index < -0.39 is 0 Å². The number of aryl methyl sites for hydroxylation is 2. The van der Waals surface area contributed by atoms with Crippen LogP contribution in [0.2, 0.25) is 0 Å². The topological polar surface area (TPSA) is 40.5 Å². The Morgan fingerprint density at radius 3 is 2.63 bits per heavy atom. The standard InChI is InChI=1S/C16H23NO2/c1-12-8-13(2)10-15(9-12)16(19)17-6-3-4-14(11-17)5-7-18/h8-10,14,18H,3-7,11H2,1-2H3. The summed E-state index contributed by atoms with van der Waals surface area (Å²) in [6.07, 6.45) is 2.97. The molecule has 1 unspecified atom stereocenters. The van der Waals surface area contributed by atoms with Gasteiger partial charge in [-0.2, -0.15) is 0 Å². The van der Waals surface area contributed by atoms with Crippen LogP contribution in [0.3, 0.4) is 0 Å². The molecule has 1 saturated heterocycles. The molecule has 0 spiro atoms. The SMILES string of the molecule is Cc1cc(C)cc(C(=O)N2CCCC(CCO)C2)c1. The largest absolute Gasteiger partial charge is 0.396 e. The molecule has 1 aliphatic rings. The molecule has 0 aliphatic carbocycles. The molecule has 3 heteroatoms. The van der Waals surface area contributed by atoms with Gasteiger partial charge in [0.1, 0.15) is 0 Å². The molecule has 1 N–H and O–H groups in total. The molecule has 1 aliphatic heterocycles. The molecule has 19 heavy (non-hydrogen) atoms. The van der Waals surface area contributed by atoms with E-state index in [0.717, 1.165) is 49.0 Å². The Kier molecular flexibility index (Phi) is 4.59. The van der Waals surface area contributed by atoms with E-state index in [1.807, 2.05) is 30.9 Å². The van der Waals surface area contributed by atoms with Gasteiger partial charge in [-0.1, -0.05) is 17.2 Å². The Hall–Kier alpha value is -1.35.